The van der Waals surface area contributed by atoms with Gasteiger partial charge in [-0.3, -0.25) is 9.69 Å². The largest absolute Gasteiger partial charge is 0.341 e. The summed E-state index contributed by atoms with van der Waals surface area (Å²) in [4.78, 5) is 21.6. The summed E-state index contributed by atoms with van der Waals surface area (Å²) >= 11 is 0. The van der Waals surface area contributed by atoms with E-state index in [-0.39, 0.29) is 23.8 Å². The van der Waals surface area contributed by atoms with Crippen molar-refractivity contribution in [2.24, 2.45) is 0 Å². The van der Waals surface area contributed by atoms with Gasteiger partial charge in [-0.2, -0.15) is 4.98 Å². The summed E-state index contributed by atoms with van der Waals surface area (Å²) in [6.07, 6.45) is 5.38. The van der Waals surface area contributed by atoms with Crippen molar-refractivity contribution in [2.45, 2.75) is 63.8 Å². The van der Waals surface area contributed by atoms with Gasteiger partial charge in [0.05, 0.1) is 6.04 Å². The molecule has 1 amide bonds. The predicted molar refractivity (Wildman–Crippen MR) is 87.2 cm³/mol. The molecule has 0 aromatic carbocycles. The molecule has 128 valence electrons. The van der Waals surface area contributed by atoms with Crippen molar-refractivity contribution in [2.75, 3.05) is 26.7 Å². The van der Waals surface area contributed by atoms with E-state index >= 15 is 0 Å². The molecule has 2 unspecified atom stereocenters. The number of piperidine rings is 2. The van der Waals surface area contributed by atoms with Gasteiger partial charge in [-0.25, -0.2) is 0 Å². The molecule has 2 aliphatic heterocycles. The van der Waals surface area contributed by atoms with Crippen LogP contribution in [0.15, 0.2) is 4.52 Å². The van der Waals surface area contributed by atoms with E-state index in [0.29, 0.717) is 5.89 Å². The number of hydrogen-bond acceptors (Lipinski definition) is 5. The van der Waals surface area contributed by atoms with Crippen molar-refractivity contribution in [3.05, 3.63) is 11.7 Å². The fourth-order valence-corrected chi connectivity index (χ4v) is 3.63. The lowest BCUT2D eigenvalue weighted by Crippen LogP contribution is -2.51. The molecular formula is C17H28N4O2. The molecule has 2 fully saturated rings. The van der Waals surface area contributed by atoms with Crippen molar-refractivity contribution >= 4 is 5.91 Å². The van der Waals surface area contributed by atoms with Gasteiger partial charge in [-0.05, 0) is 39.3 Å². The zero-order chi connectivity index (χ0) is 16.4. The van der Waals surface area contributed by atoms with Gasteiger partial charge in [-0.15, -0.1) is 0 Å². The van der Waals surface area contributed by atoms with E-state index in [1.54, 1.807) is 0 Å². The van der Waals surface area contributed by atoms with Gasteiger partial charge in [-0.1, -0.05) is 25.4 Å². The van der Waals surface area contributed by atoms with Gasteiger partial charge in [0.1, 0.15) is 0 Å². The number of nitrogens with zero attached hydrogens (tertiary/aromatic N) is 4. The number of amides is 1. The summed E-state index contributed by atoms with van der Waals surface area (Å²) in [6.45, 7) is 6.70. The fourth-order valence-electron chi connectivity index (χ4n) is 3.63. The van der Waals surface area contributed by atoms with Crippen molar-refractivity contribution in [1.82, 2.24) is 19.9 Å². The minimum Gasteiger partial charge on any atom is -0.341 e. The molecule has 0 spiro atoms. The lowest BCUT2D eigenvalue weighted by atomic mass is 9.95. The zero-order valence-corrected chi connectivity index (χ0v) is 14.5. The van der Waals surface area contributed by atoms with Crippen LogP contribution in [-0.4, -0.2) is 58.6 Å². The van der Waals surface area contributed by atoms with E-state index in [4.69, 9.17) is 4.52 Å². The van der Waals surface area contributed by atoms with Crippen molar-refractivity contribution in [1.29, 1.82) is 0 Å². The minimum atomic E-state index is 0.0546. The Morgan fingerprint density at radius 1 is 1.22 bits per heavy atom. The van der Waals surface area contributed by atoms with Crippen LogP contribution < -0.4 is 0 Å². The van der Waals surface area contributed by atoms with Gasteiger partial charge in [0.25, 0.3) is 0 Å². The molecule has 6 nitrogen and oxygen atoms in total. The number of hydrogen-bond donors (Lipinski definition) is 0. The molecular weight excluding hydrogens is 292 g/mol. The van der Waals surface area contributed by atoms with Gasteiger partial charge in [0, 0.05) is 24.9 Å². The summed E-state index contributed by atoms with van der Waals surface area (Å²) in [5.41, 5.74) is 0. The number of carbonyl (C=O) groups is 1. The smallest absolute Gasteiger partial charge is 0.239 e. The van der Waals surface area contributed by atoms with E-state index in [0.717, 1.165) is 51.1 Å². The summed E-state index contributed by atoms with van der Waals surface area (Å²) in [6, 6.07) is 0.0546. The maximum atomic E-state index is 12.9. The SMILES string of the molecule is CC(C)c1nc(C2CCCN(C(=O)C3CCCCN3C)C2)no1. The normalized spacial score (nSPS) is 26.7. The van der Waals surface area contributed by atoms with Crippen LogP contribution in [0.3, 0.4) is 0 Å². The average molecular weight is 320 g/mol. The maximum absolute atomic E-state index is 12.9. The zero-order valence-electron chi connectivity index (χ0n) is 14.5. The van der Waals surface area contributed by atoms with Crippen molar-refractivity contribution in [3.8, 4) is 0 Å². The highest BCUT2D eigenvalue weighted by Gasteiger charge is 2.34. The molecule has 2 atom stereocenters. The molecule has 2 saturated heterocycles. The monoisotopic (exact) mass is 320 g/mol. The molecule has 1 aromatic rings. The lowest BCUT2D eigenvalue weighted by Gasteiger charge is -2.38. The Bertz CT molecular complexity index is 542. The van der Waals surface area contributed by atoms with Crippen LogP contribution in [0.5, 0.6) is 0 Å². The molecule has 0 aliphatic carbocycles. The third-order valence-electron chi connectivity index (χ3n) is 5.11. The first-order valence-electron chi connectivity index (χ1n) is 8.88. The first kappa shape index (κ1) is 16.4. The molecule has 3 rings (SSSR count). The molecule has 0 bridgehead atoms. The van der Waals surface area contributed by atoms with Crippen LogP contribution >= 0.6 is 0 Å². The highest BCUT2D eigenvalue weighted by molar-refractivity contribution is 5.82. The predicted octanol–water partition coefficient (Wildman–Crippen LogP) is 2.38. The second-order valence-corrected chi connectivity index (χ2v) is 7.26. The third kappa shape index (κ3) is 3.57. The summed E-state index contributed by atoms with van der Waals surface area (Å²) in [5, 5.41) is 4.15. The Labute approximate surface area is 138 Å². The molecule has 0 saturated carbocycles. The fraction of sp³-hybridized carbons (Fsp3) is 0.824. The topological polar surface area (TPSA) is 62.5 Å². The van der Waals surface area contributed by atoms with Crippen molar-refractivity contribution < 1.29 is 9.32 Å². The van der Waals surface area contributed by atoms with Gasteiger partial charge < -0.3 is 9.42 Å². The Morgan fingerprint density at radius 3 is 2.74 bits per heavy atom. The number of aromatic nitrogens is 2. The van der Waals surface area contributed by atoms with Gasteiger partial charge >= 0.3 is 0 Å². The van der Waals surface area contributed by atoms with Crippen LogP contribution in [0.2, 0.25) is 0 Å². The molecule has 0 N–H and O–H groups in total. The molecule has 1 aromatic heterocycles. The second kappa shape index (κ2) is 6.99. The summed E-state index contributed by atoms with van der Waals surface area (Å²) in [5.74, 6) is 2.19. The molecule has 2 aliphatic rings. The van der Waals surface area contributed by atoms with E-state index in [1.165, 1.54) is 6.42 Å². The van der Waals surface area contributed by atoms with E-state index < -0.39 is 0 Å². The third-order valence-corrected chi connectivity index (χ3v) is 5.11. The highest BCUT2D eigenvalue weighted by Crippen LogP contribution is 2.28. The number of rotatable bonds is 3. The van der Waals surface area contributed by atoms with Crippen molar-refractivity contribution in [3.63, 3.8) is 0 Å². The highest BCUT2D eigenvalue weighted by atomic mass is 16.5. The van der Waals surface area contributed by atoms with E-state index in [2.05, 4.69) is 22.1 Å². The van der Waals surface area contributed by atoms with E-state index in [9.17, 15) is 4.79 Å². The first-order chi connectivity index (χ1) is 11.1. The van der Waals surface area contributed by atoms with E-state index in [1.807, 2.05) is 18.7 Å². The van der Waals surface area contributed by atoms with Gasteiger partial charge in [0.2, 0.25) is 11.8 Å². The van der Waals surface area contributed by atoms with Crippen LogP contribution in [0.25, 0.3) is 0 Å². The van der Waals surface area contributed by atoms with Crippen LogP contribution in [0.1, 0.15) is 69.5 Å². The minimum absolute atomic E-state index is 0.0546. The quantitative estimate of drug-likeness (QED) is 0.855. The Morgan fingerprint density at radius 2 is 2.04 bits per heavy atom. The lowest BCUT2D eigenvalue weighted by molar-refractivity contribution is -0.138. The maximum Gasteiger partial charge on any atom is 0.239 e. The summed E-state index contributed by atoms with van der Waals surface area (Å²) in [7, 11) is 2.07. The standard InChI is InChI=1S/C17H28N4O2/c1-12(2)16-18-15(19-23-16)13-7-6-10-21(11-13)17(22)14-8-4-5-9-20(14)3/h12-14H,4-11H2,1-3H3. The first-order valence-corrected chi connectivity index (χ1v) is 8.88. The number of carbonyl (C=O) groups excluding carboxylic acids is 1. The molecule has 6 heteroatoms. The van der Waals surface area contributed by atoms with Crippen LogP contribution in [0.4, 0.5) is 0 Å². The Balaban J connectivity index is 1.66. The van der Waals surface area contributed by atoms with Crippen LogP contribution in [-0.2, 0) is 4.79 Å². The van der Waals surface area contributed by atoms with Gasteiger partial charge in [0.15, 0.2) is 5.82 Å². The number of likely N-dealkylation sites (tertiary alicyclic amines) is 2. The average Bonchev–Trinajstić information content (AvgIpc) is 3.05. The van der Waals surface area contributed by atoms with Crippen LogP contribution in [0, 0.1) is 0 Å². The Hall–Kier alpha value is -1.43. The summed E-state index contributed by atoms with van der Waals surface area (Å²) < 4.78 is 5.34. The number of likely N-dealkylation sites (N-methyl/N-ethyl adjacent to an activating group) is 1. The molecule has 23 heavy (non-hydrogen) atoms. The Kier molecular flexibility index (Phi) is 4.99. The second-order valence-electron chi connectivity index (χ2n) is 7.26. The molecule has 0 radical (unpaired) electrons. The molecule has 3 heterocycles.